The standard InChI is InChI=1S/C22H21ClN2O2S/c1-13-4-5-17(12-14(13)2)19(26)10-11-20(27)24-22-25-21(15(3)28-22)16-6-8-18(23)9-7-16/h4-9,12H,10-11H2,1-3H3,(H,24,25,27). The van der Waals surface area contributed by atoms with Crippen molar-refractivity contribution in [3.05, 3.63) is 69.1 Å². The Bertz CT molecular complexity index is 1030. The van der Waals surface area contributed by atoms with E-state index in [0.717, 1.165) is 27.3 Å². The molecule has 2 aromatic carbocycles. The van der Waals surface area contributed by atoms with E-state index in [1.54, 1.807) is 0 Å². The Balaban J connectivity index is 1.60. The Hall–Kier alpha value is -2.50. The molecule has 1 amide bonds. The van der Waals surface area contributed by atoms with Gasteiger partial charge in [0, 0.05) is 33.9 Å². The Labute approximate surface area is 173 Å². The number of hydrogen-bond donors (Lipinski definition) is 1. The van der Waals surface area contributed by atoms with Crippen LogP contribution in [0.2, 0.25) is 5.02 Å². The third-order valence-electron chi connectivity index (χ3n) is 4.57. The number of carbonyl (C=O) groups excluding carboxylic acids is 2. The third-order valence-corrected chi connectivity index (χ3v) is 5.71. The van der Waals surface area contributed by atoms with Crippen molar-refractivity contribution in [1.82, 2.24) is 4.98 Å². The van der Waals surface area contributed by atoms with Gasteiger partial charge in [-0.05, 0) is 50.1 Å². The first-order valence-electron chi connectivity index (χ1n) is 8.97. The monoisotopic (exact) mass is 412 g/mol. The van der Waals surface area contributed by atoms with Crippen LogP contribution >= 0.6 is 22.9 Å². The van der Waals surface area contributed by atoms with Crippen LogP contribution in [-0.2, 0) is 4.79 Å². The van der Waals surface area contributed by atoms with E-state index in [9.17, 15) is 9.59 Å². The molecule has 0 aliphatic carbocycles. The average molecular weight is 413 g/mol. The maximum atomic E-state index is 12.3. The fraction of sp³-hybridized carbons (Fsp3) is 0.227. The van der Waals surface area contributed by atoms with E-state index in [0.29, 0.717) is 15.7 Å². The number of halogens is 1. The van der Waals surface area contributed by atoms with Crippen molar-refractivity contribution in [3.63, 3.8) is 0 Å². The van der Waals surface area contributed by atoms with Gasteiger partial charge in [0.25, 0.3) is 0 Å². The number of aryl methyl sites for hydroxylation is 3. The van der Waals surface area contributed by atoms with Crippen LogP contribution in [-0.4, -0.2) is 16.7 Å². The van der Waals surface area contributed by atoms with Gasteiger partial charge in [0.05, 0.1) is 5.69 Å². The third kappa shape index (κ3) is 4.86. The van der Waals surface area contributed by atoms with E-state index in [1.807, 2.05) is 63.2 Å². The smallest absolute Gasteiger partial charge is 0.226 e. The van der Waals surface area contributed by atoms with Crippen LogP contribution in [0.1, 0.15) is 39.2 Å². The van der Waals surface area contributed by atoms with Crippen LogP contribution in [0.4, 0.5) is 5.13 Å². The molecule has 1 heterocycles. The molecule has 4 nitrogen and oxygen atoms in total. The summed E-state index contributed by atoms with van der Waals surface area (Å²) in [6, 6.07) is 13.0. The Morgan fingerprint density at radius 1 is 1.00 bits per heavy atom. The Morgan fingerprint density at radius 3 is 2.39 bits per heavy atom. The second-order valence-electron chi connectivity index (χ2n) is 6.70. The molecule has 0 saturated carbocycles. The summed E-state index contributed by atoms with van der Waals surface area (Å²) in [6.07, 6.45) is 0.295. The molecule has 3 rings (SSSR count). The number of ketones is 1. The van der Waals surface area contributed by atoms with Crippen LogP contribution in [0.25, 0.3) is 11.3 Å². The molecule has 0 atom stereocenters. The number of nitrogens with zero attached hydrogens (tertiary/aromatic N) is 1. The molecule has 0 aliphatic rings. The number of benzene rings is 2. The van der Waals surface area contributed by atoms with E-state index in [-0.39, 0.29) is 24.5 Å². The van der Waals surface area contributed by atoms with E-state index in [2.05, 4.69) is 10.3 Å². The van der Waals surface area contributed by atoms with Crippen LogP contribution in [0.15, 0.2) is 42.5 Å². The summed E-state index contributed by atoms with van der Waals surface area (Å²) in [6.45, 7) is 5.94. The van der Waals surface area contributed by atoms with Gasteiger partial charge in [0.1, 0.15) is 0 Å². The number of hydrogen-bond acceptors (Lipinski definition) is 4. The summed E-state index contributed by atoms with van der Waals surface area (Å²) in [4.78, 5) is 30.1. The van der Waals surface area contributed by atoms with Crippen molar-refractivity contribution in [2.75, 3.05) is 5.32 Å². The normalized spacial score (nSPS) is 10.7. The fourth-order valence-electron chi connectivity index (χ4n) is 2.79. The van der Waals surface area contributed by atoms with Gasteiger partial charge in [-0.25, -0.2) is 4.98 Å². The lowest BCUT2D eigenvalue weighted by molar-refractivity contribution is -0.116. The summed E-state index contributed by atoms with van der Waals surface area (Å²) < 4.78 is 0. The highest BCUT2D eigenvalue weighted by molar-refractivity contribution is 7.16. The molecule has 6 heteroatoms. The number of carbonyl (C=O) groups is 2. The molecule has 0 aliphatic heterocycles. The molecule has 0 radical (unpaired) electrons. The highest BCUT2D eigenvalue weighted by atomic mass is 35.5. The lowest BCUT2D eigenvalue weighted by Gasteiger charge is -2.05. The van der Waals surface area contributed by atoms with Gasteiger partial charge in [-0.3, -0.25) is 9.59 Å². The Kier molecular flexibility index (Phi) is 6.27. The van der Waals surface area contributed by atoms with Gasteiger partial charge >= 0.3 is 0 Å². The van der Waals surface area contributed by atoms with Crippen molar-refractivity contribution in [3.8, 4) is 11.3 Å². The topological polar surface area (TPSA) is 59.1 Å². The number of amides is 1. The molecule has 28 heavy (non-hydrogen) atoms. The molecule has 1 N–H and O–H groups in total. The predicted molar refractivity (Wildman–Crippen MR) is 115 cm³/mol. The summed E-state index contributed by atoms with van der Waals surface area (Å²) >= 11 is 7.35. The maximum Gasteiger partial charge on any atom is 0.226 e. The van der Waals surface area contributed by atoms with E-state index in [1.165, 1.54) is 11.3 Å². The minimum absolute atomic E-state index is 0.0320. The van der Waals surface area contributed by atoms with Crippen LogP contribution in [0, 0.1) is 20.8 Å². The molecule has 3 aromatic rings. The molecule has 0 fully saturated rings. The zero-order chi connectivity index (χ0) is 20.3. The lowest BCUT2D eigenvalue weighted by Crippen LogP contribution is -2.13. The van der Waals surface area contributed by atoms with E-state index < -0.39 is 0 Å². The summed E-state index contributed by atoms with van der Waals surface area (Å²) in [5.74, 6) is -0.246. The van der Waals surface area contributed by atoms with Gasteiger partial charge in [-0.15, -0.1) is 11.3 Å². The molecule has 0 spiro atoms. The average Bonchev–Trinajstić information content (AvgIpc) is 3.02. The fourth-order valence-corrected chi connectivity index (χ4v) is 3.77. The van der Waals surface area contributed by atoms with Crippen LogP contribution in [0.3, 0.4) is 0 Å². The van der Waals surface area contributed by atoms with Crippen molar-refractivity contribution in [2.45, 2.75) is 33.6 Å². The highest BCUT2D eigenvalue weighted by Gasteiger charge is 2.14. The zero-order valence-electron chi connectivity index (χ0n) is 16.0. The van der Waals surface area contributed by atoms with E-state index in [4.69, 9.17) is 11.6 Å². The molecule has 144 valence electrons. The number of nitrogens with one attached hydrogen (secondary N) is 1. The molecule has 0 bridgehead atoms. The highest BCUT2D eigenvalue weighted by Crippen LogP contribution is 2.31. The summed E-state index contributed by atoms with van der Waals surface area (Å²) in [5.41, 5.74) is 4.63. The molecule has 0 saturated heterocycles. The minimum atomic E-state index is -0.214. The molecule has 1 aromatic heterocycles. The zero-order valence-corrected chi connectivity index (χ0v) is 17.6. The van der Waals surface area contributed by atoms with Crippen molar-refractivity contribution < 1.29 is 9.59 Å². The van der Waals surface area contributed by atoms with Crippen molar-refractivity contribution >= 4 is 39.8 Å². The number of thiazole rings is 1. The number of anilines is 1. The second-order valence-corrected chi connectivity index (χ2v) is 8.34. The first kappa shape index (κ1) is 20.2. The number of rotatable bonds is 6. The maximum absolute atomic E-state index is 12.3. The van der Waals surface area contributed by atoms with Crippen LogP contribution < -0.4 is 5.32 Å². The van der Waals surface area contributed by atoms with Crippen molar-refractivity contribution in [2.24, 2.45) is 0 Å². The van der Waals surface area contributed by atoms with Gasteiger partial charge < -0.3 is 5.32 Å². The largest absolute Gasteiger partial charge is 0.302 e. The van der Waals surface area contributed by atoms with Gasteiger partial charge in [0.2, 0.25) is 5.91 Å². The molecular formula is C22H21ClN2O2S. The first-order chi connectivity index (χ1) is 13.3. The summed E-state index contributed by atoms with van der Waals surface area (Å²) in [7, 11) is 0. The second kappa shape index (κ2) is 8.67. The van der Waals surface area contributed by atoms with E-state index >= 15 is 0 Å². The first-order valence-corrected chi connectivity index (χ1v) is 10.2. The van der Waals surface area contributed by atoms with Crippen LogP contribution in [0.5, 0.6) is 0 Å². The quantitative estimate of drug-likeness (QED) is 0.506. The van der Waals surface area contributed by atoms with Gasteiger partial charge in [0.15, 0.2) is 10.9 Å². The van der Waals surface area contributed by atoms with Gasteiger partial charge in [-0.1, -0.05) is 35.9 Å². The van der Waals surface area contributed by atoms with Gasteiger partial charge in [-0.2, -0.15) is 0 Å². The molecular weight excluding hydrogens is 392 g/mol. The van der Waals surface area contributed by atoms with Crippen molar-refractivity contribution in [1.29, 1.82) is 0 Å². The Morgan fingerprint density at radius 2 is 1.71 bits per heavy atom. The number of aromatic nitrogens is 1. The summed E-state index contributed by atoms with van der Waals surface area (Å²) in [5, 5.41) is 4.00. The minimum Gasteiger partial charge on any atom is -0.302 e. The number of Topliss-reactive ketones (excluding diaryl/α,β-unsaturated/α-hetero) is 1. The predicted octanol–water partition coefficient (Wildman–Crippen LogP) is 5.99. The SMILES string of the molecule is Cc1ccc(C(=O)CCC(=O)Nc2nc(-c3ccc(Cl)cc3)c(C)s2)cc1C. The molecule has 0 unspecified atom stereocenters. The lowest BCUT2D eigenvalue weighted by atomic mass is 10.0.